The lowest BCUT2D eigenvalue weighted by molar-refractivity contribution is -0.137. The second-order valence-electron chi connectivity index (χ2n) is 3.32. The van der Waals surface area contributed by atoms with Crippen LogP contribution in [-0.4, -0.2) is 4.98 Å². The summed E-state index contributed by atoms with van der Waals surface area (Å²) in [6.07, 6.45) is -1.05. The zero-order valence-electron chi connectivity index (χ0n) is 8.20. The first-order valence-corrected chi connectivity index (χ1v) is 4.65. The monoisotopic (exact) mass is 223 g/mol. The summed E-state index contributed by atoms with van der Waals surface area (Å²) in [5.41, 5.74) is 0.887. The number of halogens is 3. The van der Waals surface area contributed by atoms with Gasteiger partial charge < -0.3 is 0 Å². The van der Waals surface area contributed by atoms with Gasteiger partial charge in [0.05, 0.1) is 5.56 Å². The Morgan fingerprint density at radius 2 is 1.56 bits per heavy atom. The highest BCUT2D eigenvalue weighted by Gasteiger charge is 2.29. The van der Waals surface area contributed by atoms with Gasteiger partial charge in [-0.3, -0.25) is 4.98 Å². The van der Waals surface area contributed by atoms with Crippen molar-refractivity contribution in [2.24, 2.45) is 0 Å². The number of benzene rings is 1. The topological polar surface area (TPSA) is 12.9 Å². The smallest absolute Gasteiger partial charge is 0.264 e. The van der Waals surface area contributed by atoms with E-state index in [0.717, 1.165) is 23.3 Å². The molecular weight excluding hydrogens is 215 g/mol. The number of hydrogen-bond acceptors (Lipinski definition) is 1. The molecule has 0 aliphatic rings. The number of aromatic nitrogens is 1. The lowest BCUT2D eigenvalue weighted by atomic mass is 10.1. The molecule has 0 spiro atoms. The molecule has 82 valence electrons. The Hall–Kier alpha value is -1.84. The summed E-state index contributed by atoms with van der Waals surface area (Å²) in [6, 6.07) is 8.58. The Morgan fingerprint density at radius 3 is 2.06 bits per heavy atom. The van der Waals surface area contributed by atoms with E-state index in [2.05, 4.69) is 4.98 Å². The molecule has 0 amide bonds. The minimum absolute atomic E-state index is 0.639. The summed E-state index contributed by atoms with van der Waals surface area (Å²) in [5.74, 6) is 0. The lowest BCUT2D eigenvalue weighted by Crippen LogP contribution is -2.03. The zero-order chi connectivity index (χ0) is 11.6. The van der Waals surface area contributed by atoms with Crippen molar-refractivity contribution in [1.29, 1.82) is 0 Å². The highest BCUT2D eigenvalue weighted by molar-refractivity contribution is 5.62. The SMILES string of the molecule is FC(F)(F)c1ccc(-c2cccnc2)cc1. The maximum absolute atomic E-state index is 12.3. The lowest BCUT2D eigenvalue weighted by Gasteiger charge is -2.07. The van der Waals surface area contributed by atoms with Crippen LogP contribution in [0.15, 0.2) is 48.8 Å². The van der Waals surface area contributed by atoms with Crippen LogP contribution in [0.25, 0.3) is 11.1 Å². The maximum atomic E-state index is 12.3. The van der Waals surface area contributed by atoms with Gasteiger partial charge in [0, 0.05) is 12.4 Å². The Kier molecular flexibility index (Phi) is 2.64. The molecule has 1 aromatic carbocycles. The number of hydrogen-bond donors (Lipinski definition) is 0. The van der Waals surface area contributed by atoms with Crippen LogP contribution in [-0.2, 0) is 6.18 Å². The Bertz CT molecular complexity index is 460. The van der Waals surface area contributed by atoms with E-state index < -0.39 is 11.7 Å². The van der Waals surface area contributed by atoms with Crippen molar-refractivity contribution >= 4 is 0 Å². The average molecular weight is 223 g/mol. The molecule has 0 aliphatic heterocycles. The van der Waals surface area contributed by atoms with Gasteiger partial charge in [-0.15, -0.1) is 0 Å². The normalized spacial score (nSPS) is 11.4. The standard InChI is InChI=1S/C12H8F3N/c13-12(14,15)11-5-3-9(4-6-11)10-2-1-7-16-8-10/h1-8H. The Labute approximate surface area is 90.6 Å². The highest BCUT2D eigenvalue weighted by atomic mass is 19.4. The highest BCUT2D eigenvalue weighted by Crippen LogP contribution is 2.30. The molecule has 1 heterocycles. The summed E-state index contributed by atoms with van der Waals surface area (Å²) in [7, 11) is 0. The van der Waals surface area contributed by atoms with Crippen molar-refractivity contribution in [1.82, 2.24) is 4.98 Å². The van der Waals surface area contributed by atoms with Crippen molar-refractivity contribution in [2.45, 2.75) is 6.18 Å². The molecule has 1 nitrogen and oxygen atoms in total. The Morgan fingerprint density at radius 1 is 0.875 bits per heavy atom. The summed E-state index contributed by atoms with van der Waals surface area (Å²) in [4.78, 5) is 3.91. The van der Waals surface area contributed by atoms with Crippen molar-refractivity contribution in [3.05, 3.63) is 54.4 Å². The maximum Gasteiger partial charge on any atom is 0.416 e. The number of pyridine rings is 1. The minimum atomic E-state index is -4.28. The van der Waals surface area contributed by atoms with E-state index in [1.54, 1.807) is 24.5 Å². The van der Waals surface area contributed by atoms with Gasteiger partial charge in [-0.25, -0.2) is 0 Å². The van der Waals surface area contributed by atoms with E-state index in [1.165, 1.54) is 12.1 Å². The van der Waals surface area contributed by atoms with E-state index in [-0.39, 0.29) is 0 Å². The summed E-state index contributed by atoms with van der Waals surface area (Å²) < 4.78 is 36.9. The molecule has 0 atom stereocenters. The Balaban J connectivity index is 2.34. The summed E-state index contributed by atoms with van der Waals surface area (Å²) in [6.45, 7) is 0. The predicted molar refractivity (Wildman–Crippen MR) is 54.7 cm³/mol. The molecular formula is C12H8F3N. The van der Waals surface area contributed by atoms with Crippen LogP contribution in [0.4, 0.5) is 13.2 Å². The molecule has 4 heteroatoms. The molecule has 2 rings (SSSR count). The van der Waals surface area contributed by atoms with E-state index in [0.29, 0.717) is 0 Å². The van der Waals surface area contributed by atoms with Gasteiger partial charge in [-0.05, 0) is 29.3 Å². The second kappa shape index (κ2) is 3.96. The third-order valence-electron chi connectivity index (χ3n) is 2.21. The molecule has 0 radical (unpaired) electrons. The molecule has 16 heavy (non-hydrogen) atoms. The van der Waals surface area contributed by atoms with Gasteiger partial charge in [0.2, 0.25) is 0 Å². The molecule has 0 fully saturated rings. The molecule has 0 saturated carbocycles. The third-order valence-corrected chi connectivity index (χ3v) is 2.21. The number of rotatable bonds is 1. The van der Waals surface area contributed by atoms with E-state index in [1.807, 2.05) is 0 Å². The van der Waals surface area contributed by atoms with Crippen LogP contribution in [0.5, 0.6) is 0 Å². The zero-order valence-corrected chi connectivity index (χ0v) is 8.20. The molecule has 0 bridgehead atoms. The molecule has 1 aromatic heterocycles. The van der Waals surface area contributed by atoms with Crippen molar-refractivity contribution in [2.75, 3.05) is 0 Å². The van der Waals surface area contributed by atoms with Gasteiger partial charge in [0.15, 0.2) is 0 Å². The number of alkyl halides is 3. The van der Waals surface area contributed by atoms with Gasteiger partial charge in [-0.2, -0.15) is 13.2 Å². The molecule has 0 aliphatic carbocycles. The first-order valence-electron chi connectivity index (χ1n) is 4.65. The van der Waals surface area contributed by atoms with Crippen molar-refractivity contribution < 1.29 is 13.2 Å². The van der Waals surface area contributed by atoms with Gasteiger partial charge in [0.25, 0.3) is 0 Å². The van der Waals surface area contributed by atoms with Crippen LogP contribution in [0.1, 0.15) is 5.56 Å². The van der Waals surface area contributed by atoms with Gasteiger partial charge in [0.1, 0.15) is 0 Å². The summed E-state index contributed by atoms with van der Waals surface area (Å²) >= 11 is 0. The number of nitrogens with zero attached hydrogens (tertiary/aromatic N) is 1. The van der Waals surface area contributed by atoms with Gasteiger partial charge >= 0.3 is 6.18 Å². The summed E-state index contributed by atoms with van der Waals surface area (Å²) in [5, 5.41) is 0. The van der Waals surface area contributed by atoms with Gasteiger partial charge in [-0.1, -0.05) is 18.2 Å². The fourth-order valence-corrected chi connectivity index (χ4v) is 1.39. The van der Waals surface area contributed by atoms with Crippen molar-refractivity contribution in [3.8, 4) is 11.1 Å². The quantitative estimate of drug-likeness (QED) is 0.717. The fraction of sp³-hybridized carbons (Fsp3) is 0.0833. The van der Waals surface area contributed by atoms with Crippen LogP contribution < -0.4 is 0 Å². The average Bonchev–Trinajstić information content (AvgIpc) is 2.29. The van der Waals surface area contributed by atoms with Crippen LogP contribution in [0.2, 0.25) is 0 Å². The van der Waals surface area contributed by atoms with E-state index in [9.17, 15) is 13.2 Å². The first kappa shape index (κ1) is 10.7. The third kappa shape index (κ3) is 2.21. The minimum Gasteiger partial charge on any atom is -0.264 e. The second-order valence-corrected chi connectivity index (χ2v) is 3.32. The molecule has 0 unspecified atom stereocenters. The van der Waals surface area contributed by atoms with E-state index >= 15 is 0 Å². The molecule has 0 N–H and O–H groups in total. The van der Waals surface area contributed by atoms with E-state index in [4.69, 9.17) is 0 Å². The van der Waals surface area contributed by atoms with Crippen LogP contribution in [0.3, 0.4) is 0 Å². The van der Waals surface area contributed by atoms with Crippen LogP contribution in [0, 0.1) is 0 Å². The first-order chi connectivity index (χ1) is 7.57. The molecule has 0 saturated heterocycles. The van der Waals surface area contributed by atoms with Crippen molar-refractivity contribution in [3.63, 3.8) is 0 Å². The fourth-order valence-electron chi connectivity index (χ4n) is 1.39. The molecule has 2 aromatic rings. The van der Waals surface area contributed by atoms with Crippen LogP contribution >= 0.6 is 0 Å². The predicted octanol–water partition coefficient (Wildman–Crippen LogP) is 3.77. The largest absolute Gasteiger partial charge is 0.416 e.